The highest BCUT2D eigenvalue weighted by Crippen LogP contribution is 2.24. The molecule has 0 saturated heterocycles. The largest absolute Gasteiger partial charge is 0.457 e. The molecule has 2 aromatic rings. The van der Waals surface area contributed by atoms with Crippen molar-refractivity contribution in [2.75, 3.05) is 6.61 Å². The van der Waals surface area contributed by atoms with Gasteiger partial charge in [-0.15, -0.1) is 0 Å². The fourth-order valence-electron chi connectivity index (χ4n) is 1.90. The van der Waals surface area contributed by atoms with E-state index in [1.165, 1.54) is 0 Å². The molecule has 19 heavy (non-hydrogen) atoms. The van der Waals surface area contributed by atoms with Crippen LogP contribution in [0.25, 0.3) is 0 Å². The molecule has 0 fully saturated rings. The van der Waals surface area contributed by atoms with Crippen molar-refractivity contribution in [3.05, 3.63) is 59.2 Å². The average Bonchev–Trinajstić information content (AvgIpc) is 2.42. The van der Waals surface area contributed by atoms with Gasteiger partial charge in [-0.2, -0.15) is 0 Å². The Hall–Kier alpha value is -1.84. The first kappa shape index (κ1) is 13.6. The molecule has 0 bridgehead atoms. The van der Waals surface area contributed by atoms with Gasteiger partial charge < -0.3 is 14.9 Å². The van der Waals surface area contributed by atoms with Crippen LogP contribution in [0.3, 0.4) is 0 Å². The minimum atomic E-state index is 0.0436. The Morgan fingerprint density at radius 1 is 0.947 bits per heavy atom. The zero-order valence-corrected chi connectivity index (χ0v) is 11.0. The summed E-state index contributed by atoms with van der Waals surface area (Å²) in [5.74, 6) is 1.52. The maximum absolute atomic E-state index is 9.12. The highest BCUT2D eigenvalue weighted by Gasteiger charge is 2.02. The lowest BCUT2D eigenvalue weighted by molar-refractivity contribution is 0.281. The van der Waals surface area contributed by atoms with Crippen LogP contribution in [0.1, 0.15) is 16.7 Å². The van der Waals surface area contributed by atoms with E-state index in [-0.39, 0.29) is 13.2 Å². The number of hydrogen-bond donors (Lipinski definition) is 2. The van der Waals surface area contributed by atoms with Crippen LogP contribution in [0.15, 0.2) is 42.5 Å². The maximum Gasteiger partial charge on any atom is 0.127 e. The first-order valence-electron chi connectivity index (χ1n) is 6.31. The van der Waals surface area contributed by atoms with Crippen molar-refractivity contribution in [2.24, 2.45) is 0 Å². The molecule has 0 atom stereocenters. The molecule has 0 aliphatic carbocycles. The zero-order chi connectivity index (χ0) is 13.7. The molecular weight excluding hydrogens is 240 g/mol. The van der Waals surface area contributed by atoms with Crippen molar-refractivity contribution in [1.82, 2.24) is 0 Å². The second kappa shape index (κ2) is 6.36. The monoisotopic (exact) mass is 258 g/mol. The molecule has 0 spiro atoms. The van der Waals surface area contributed by atoms with Crippen LogP contribution < -0.4 is 4.74 Å². The van der Waals surface area contributed by atoms with Crippen molar-refractivity contribution in [1.29, 1.82) is 0 Å². The van der Waals surface area contributed by atoms with Gasteiger partial charge in [-0.25, -0.2) is 0 Å². The van der Waals surface area contributed by atoms with Crippen LogP contribution in [0.4, 0.5) is 0 Å². The normalized spacial score (nSPS) is 10.5. The molecule has 0 unspecified atom stereocenters. The summed E-state index contributed by atoms with van der Waals surface area (Å²) < 4.78 is 5.75. The molecule has 2 N–H and O–H groups in total. The highest BCUT2D eigenvalue weighted by atomic mass is 16.5. The summed E-state index contributed by atoms with van der Waals surface area (Å²) in [5.41, 5.74) is 3.00. The molecule has 0 radical (unpaired) electrons. The fourth-order valence-corrected chi connectivity index (χ4v) is 1.90. The third-order valence-electron chi connectivity index (χ3n) is 3.04. The van der Waals surface area contributed by atoms with Gasteiger partial charge in [-0.3, -0.25) is 0 Å². The average molecular weight is 258 g/mol. The molecule has 2 rings (SSSR count). The minimum absolute atomic E-state index is 0.0436. The summed E-state index contributed by atoms with van der Waals surface area (Å²) in [4.78, 5) is 0. The van der Waals surface area contributed by atoms with E-state index in [0.29, 0.717) is 6.42 Å². The van der Waals surface area contributed by atoms with Gasteiger partial charge in [0.15, 0.2) is 0 Å². The summed E-state index contributed by atoms with van der Waals surface area (Å²) in [6.45, 7) is 2.15. The number of aryl methyl sites for hydroxylation is 1. The first-order chi connectivity index (χ1) is 9.22. The van der Waals surface area contributed by atoms with Crippen molar-refractivity contribution in [3.63, 3.8) is 0 Å². The van der Waals surface area contributed by atoms with E-state index in [2.05, 4.69) is 0 Å². The quantitative estimate of drug-likeness (QED) is 0.867. The standard InChI is InChI=1S/C16H18O3/c1-12-10-16(7-4-14(12)11-18)19-15-5-2-13(3-6-15)8-9-17/h2-7,10,17-18H,8-9,11H2,1H3. The van der Waals surface area contributed by atoms with Crippen molar-refractivity contribution >= 4 is 0 Å². The number of benzene rings is 2. The summed E-state index contributed by atoms with van der Waals surface area (Å²) in [7, 11) is 0. The fraction of sp³-hybridized carbons (Fsp3) is 0.250. The van der Waals surface area contributed by atoms with E-state index >= 15 is 0 Å². The second-order valence-electron chi connectivity index (χ2n) is 4.47. The van der Waals surface area contributed by atoms with Crippen LogP contribution in [-0.2, 0) is 13.0 Å². The number of aliphatic hydroxyl groups excluding tert-OH is 2. The second-order valence-corrected chi connectivity index (χ2v) is 4.47. The molecule has 0 heterocycles. The lowest BCUT2D eigenvalue weighted by Gasteiger charge is -2.09. The SMILES string of the molecule is Cc1cc(Oc2ccc(CCO)cc2)ccc1CO. The Morgan fingerprint density at radius 3 is 2.21 bits per heavy atom. The predicted molar refractivity (Wildman–Crippen MR) is 74.4 cm³/mol. The molecule has 3 heteroatoms. The molecule has 0 aliphatic heterocycles. The topological polar surface area (TPSA) is 49.7 Å². The third-order valence-corrected chi connectivity index (χ3v) is 3.04. The van der Waals surface area contributed by atoms with Crippen LogP contribution >= 0.6 is 0 Å². The molecule has 2 aromatic carbocycles. The Morgan fingerprint density at radius 2 is 1.63 bits per heavy atom. The summed E-state index contributed by atoms with van der Waals surface area (Å²) in [5, 5.41) is 18.0. The number of ether oxygens (including phenoxy) is 1. The van der Waals surface area contributed by atoms with Crippen molar-refractivity contribution in [3.8, 4) is 11.5 Å². The molecule has 0 saturated carbocycles. The lowest BCUT2D eigenvalue weighted by Crippen LogP contribution is -1.92. The van der Waals surface area contributed by atoms with Gasteiger partial charge in [0.25, 0.3) is 0 Å². The van der Waals surface area contributed by atoms with E-state index in [0.717, 1.165) is 28.2 Å². The molecule has 0 aromatic heterocycles. The molecule has 0 amide bonds. The van der Waals surface area contributed by atoms with E-state index < -0.39 is 0 Å². The number of rotatable bonds is 5. The van der Waals surface area contributed by atoms with Crippen molar-refractivity contribution in [2.45, 2.75) is 20.0 Å². The zero-order valence-electron chi connectivity index (χ0n) is 11.0. The molecule has 3 nitrogen and oxygen atoms in total. The van der Waals surface area contributed by atoms with Crippen LogP contribution in [0, 0.1) is 6.92 Å². The van der Waals surface area contributed by atoms with Gasteiger partial charge >= 0.3 is 0 Å². The maximum atomic E-state index is 9.12. The van der Waals surface area contributed by atoms with E-state index in [1.54, 1.807) is 0 Å². The lowest BCUT2D eigenvalue weighted by atomic mass is 10.1. The number of hydrogen-bond acceptors (Lipinski definition) is 3. The van der Waals surface area contributed by atoms with Gasteiger partial charge in [0.1, 0.15) is 11.5 Å². The Balaban J connectivity index is 2.10. The van der Waals surface area contributed by atoms with Crippen molar-refractivity contribution < 1.29 is 14.9 Å². The minimum Gasteiger partial charge on any atom is -0.457 e. The summed E-state index contributed by atoms with van der Waals surface area (Å²) in [6.07, 6.45) is 0.657. The van der Waals surface area contributed by atoms with E-state index in [4.69, 9.17) is 14.9 Å². The Kier molecular flexibility index (Phi) is 4.55. The van der Waals surface area contributed by atoms with Gasteiger partial charge in [0, 0.05) is 6.61 Å². The highest BCUT2D eigenvalue weighted by molar-refractivity contribution is 5.38. The first-order valence-corrected chi connectivity index (χ1v) is 6.31. The smallest absolute Gasteiger partial charge is 0.127 e. The third kappa shape index (κ3) is 3.56. The van der Waals surface area contributed by atoms with Gasteiger partial charge in [-0.05, 0) is 54.3 Å². The molecule has 0 aliphatic rings. The van der Waals surface area contributed by atoms with E-state index in [9.17, 15) is 0 Å². The summed E-state index contributed by atoms with van der Waals surface area (Å²) >= 11 is 0. The van der Waals surface area contributed by atoms with Crippen LogP contribution in [0.5, 0.6) is 11.5 Å². The van der Waals surface area contributed by atoms with Gasteiger partial charge in [0.2, 0.25) is 0 Å². The van der Waals surface area contributed by atoms with Crippen LogP contribution in [-0.4, -0.2) is 16.8 Å². The van der Waals surface area contributed by atoms with E-state index in [1.807, 2.05) is 49.4 Å². The Bertz CT molecular complexity index is 532. The van der Waals surface area contributed by atoms with Crippen LogP contribution in [0.2, 0.25) is 0 Å². The molecular formula is C16H18O3. The Labute approximate surface area is 113 Å². The predicted octanol–water partition coefficient (Wildman–Crippen LogP) is 2.81. The number of aliphatic hydroxyl groups is 2. The molecule has 100 valence electrons. The van der Waals surface area contributed by atoms with Gasteiger partial charge in [0.05, 0.1) is 6.61 Å². The summed E-state index contributed by atoms with van der Waals surface area (Å²) in [6, 6.07) is 13.3. The van der Waals surface area contributed by atoms with Gasteiger partial charge in [-0.1, -0.05) is 18.2 Å².